The summed E-state index contributed by atoms with van der Waals surface area (Å²) in [5.41, 5.74) is 4.83. The molecule has 0 unspecified atom stereocenters. The minimum absolute atomic E-state index is 0.0249. The quantitative estimate of drug-likeness (QED) is 0.573. The van der Waals surface area contributed by atoms with Crippen molar-refractivity contribution in [2.75, 3.05) is 20.8 Å². The summed E-state index contributed by atoms with van der Waals surface area (Å²) < 4.78 is 55.1. The molecule has 1 amide bonds. The summed E-state index contributed by atoms with van der Waals surface area (Å²) in [7, 11) is 2.55. The topological polar surface area (TPSA) is 121 Å². The van der Waals surface area contributed by atoms with Crippen LogP contribution in [0.3, 0.4) is 0 Å². The molecule has 3 aromatic rings. The molecule has 0 bridgehead atoms. The summed E-state index contributed by atoms with van der Waals surface area (Å²) in [6.07, 6.45) is -4.19. The van der Waals surface area contributed by atoms with Gasteiger partial charge in [-0.25, -0.2) is 14.8 Å². The Balaban J connectivity index is 1.79. The van der Waals surface area contributed by atoms with Gasteiger partial charge in [-0.2, -0.15) is 13.2 Å². The Kier molecular flexibility index (Phi) is 5.70. The number of nitrogens with two attached hydrogens (primary N) is 1. The minimum atomic E-state index is -4.64. The molecule has 1 aromatic carbocycles. The van der Waals surface area contributed by atoms with E-state index in [1.54, 1.807) is 0 Å². The highest BCUT2D eigenvalue weighted by Crippen LogP contribution is 2.37. The first-order chi connectivity index (χ1) is 15.7. The number of oxazole rings is 1. The maximum absolute atomic E-state index is 13.2. The molecule has 0 spiro atoms. The van der Waals surface area contributed by atoms with Gasteiger partial charge in [-0.05, 0) is 30.7 Å². The average molecular weight is 464 g/mol. The van der Waals surface area contributed by atoms with E-state index in [4.69, 9.17) is 19.6 Å². The summed E-state index contributed by atoms with van der Waals surface area (Å²) in [5, 5.41) is 0.280. The van der Waals surface area contributed by atoms with Crippen molar-refractivity contribution in [3.8, 4) is 17.2 Å². The maximum atomic E-state index is 13.2. The van der Waals surface area contributed by atoms with Crippen LogP contribution >= 0.6 is 0 Å². The summed E-state index contributed by atoms with van der Waals surface area (Å²) in [6.45, 7) is 0.176. The first-order valence-corrected chi connectivity index (χ1v) is 9.83. The molecule has 0 radical (unpaired) electrons. The van der Waals surface area contributed by atoms with Crippen LogP contribution < -0.4 is 10.5 Å². The van der Waals surface area contributed by atoms with Crippen molar-refractivity contribution >= 4 is 22.8 Å². The van der Waals surface area contributed by atoms with Gasteiger partial charge in [-0.1, -0.05) is 0 Å². The Hall–Kier alpha value is -3.67. The number of pyridine rings is 1. The number of esters is 1. The summed E-state index contributed by atoms with van der Waals surface area (Å²) >= 11 is 0. The van der Waals surface area contributed by atoms with Crippen LogP contribution in [0.15, 0.2) is 28.7 Å². The van der Waals surface area contributed by atoms with Gasteiger partial charge in [-0.15, -0.1) is 0 Å². The normalized spacial score (nSPS) is 15.9. The zero-order valence-corrected chi connectivity index (χ0v) is 17.6. The Labute approximate surface area is 185 Å². The Morgan fingerprint density at radius 1 is 1.21 bits per heavy atom. The number of methoxy groups -OCH3 is 2. The highest BCUT2D eigenvalue weighted by molar-refractivity contribution is 5.99. The highest BCUT2D eigenvalue weighted by atomic mass is 19.4. The molecule has 9 nitrogen and oxygen atoms in total. The zero-order valence-electron chi connectivity index (χ0n) is 17.6. The number of hydrogen-bond donors (Lipinski definition) is 1. The predicted molar refractivity (Wildman–Crippen MR) is 108 cm³/mol. The molecular weight excluding hydrogens is 445 g/mol. The molecule has 3 heterocycles. The molecule has 33 heavy (non-hydrogen) atoms. The van der Waals surface area contributed by atoms with Crippen molar-refractivity contribution in [2.45, 2.75) is 25.2 Å². The molecule has 1 saturated heterocycles. The molecule has 2 aromatic heterocycles. The molecule has 1 fully saturated rings. The molecule has 174 valence electrons. The molecule has 2 N–H and O–H groups in total. The Morgan fingerprint density at radius 3 is 2.55 bits per heavy atom. The first kappa shape index (κ1) is 22.5. The van der Waals surface area contributed by atoms with Gasteiger partial charge in [0, 0.05) is 17.5 Å². The SMILES string of the molecule is COC(=O)[C@@H]1CCN1C(=O)c1nc(-c2ccc(OC)c3nc(C(F)(F)F)ccc23)oc1CN. The van der Waals surface area contributed by atoms with Crippen LogP contribution in [0.5, 0.6) is 5.75 Å². The number of hydrogen-bond acceptors (Lipinski definition) is 8. The number of ether oxygens (including phenoxy) is 2. The van der Waals surface area contributed by atoms with E-state index in [2.05, 4.69) is 9.97 Å². The molecule has 1 aliphatic heterocycles. The molecule has 0 aliphatic carbocycles. The van der Waals surface area contributed by atoms with Crippen molar-refractivity contribution in [2.24, 2.45) is 5.73 Å². The van der Waals surface area contributed by atoms with Crippen molar-refractivity contribution in [1.82, 2.24) is 14.9 Å². The number of benzene rings is 1. The van der Waals surface area contributed by atoms with E-state index in [-0.39, 0.29) is 40.5 Å². The summed E-state index contributed by atoms with van der Waals surface area (Å²) in [6, 6.07) is 4.32. The van der Waals surface area contributed by atoms with Crippen LogP contribution in [0.4, 0.5) is 13.2 Å². The lowest BCUT2D eigenvalue weighted by atomic mass is 10.0. The molecule has 1 aliphatic rings. The second-order valence-corrected chi connectivity index (χ2v) is 7.23. The van der Waals surface area contributed by atoms with Crippen molar-refractivity contribution in [1.29, 1.82) is 0 Å². The van der Waals surface area contributed by atoms with Gasteiger partial charge in [0.2, 0.25) is 5.89 Å². The second-order valence-electron chi connectivity index (χ2n) is 7.23. The lowest BCUT2D eigenvalue weighted by Gasteiger charge is -2.38. The van der Waals surface area contributed by atoms with E-state index in [0.29, 0.717) is 18.5 Å². The van der Waals surface area contributed by atoms with Crippen LogP contribution in [-0.2, 0) is 22.3 Å². The van der Waals surface area contributed by atoms with Crippen molar-refractivity contribution in [3.63, 3.8) is 0 Å². The van der Waals surface area contributed by atoms with Crippen LogP contribution in [-0.4, -0.2) is 53.6 Å². The fourth-order valence-electron chi connectivity index (χ4n) is 3.62. The van der Waals surface area contributed by atoms with Gasteiger partial charge < -0.3 is 24.5 Å². The Bertz CT molecular complexity index is 1240. The van der Waals surface area contributed by atoms with Gasteiger partial charge in [0.05, 0.1) is 20.8 Å². The number of nitrogens with zero attached hydrogens (tertiary/aromatic N) is 3. The lowest BCUT2D eigenvalue weighted by Crippen LogP contribution is -2.55. The largest absolute Gasteiger partial charge is 0.494 e. The number of fused-ring (bicyclic) bond motifs is 1. The van der Waals surface area contributed by atoms with E-state index in [0.717, 1.165) is 6.07 Å². The molecular formula is C21H19F3N4O5. The van der Waals surface area contributed by atoms with Gasteiger partial charge in [0.25, 0.3) is 5.91 Å². The maximum Gasteiger partial charge on any atom is 0.433 e. The predicted octanol–water partition coefficient (Wildman–Crippen LogP) is 2.76. The van der Waals surface area contributed by atoms with Crippen molar-refractivity contribution < 1.29 is 36.7 Å². The van der Waals surface area contributed by atoms with E-state index in [9.17, 15) is 22.8 Å². The number of carbonyl (C=O) groups is 2. The third-order valence-corrected chi connectivity index (χ3v) is 5.40. The fourth-order valence-corrected chi connectivity index (χ4v) is 3.62. The second kappa shape index (κ2) is 8.35. The Morgan fingerprint density at radius 2 is 1.97 bits per heavy atom. The van der Waals surface area contributed by atoms with Crippen molar-refractivity contribution in [3.05, 3.63) is 41.4 Å². The molecule has 0 saturated carbocycles. The van der Waals surface area contributed by atoms with Crippen LogP contribution in [0.1, 0.15) is 28.4 Å². The minimum Gasteiger partial charge on any atom is -0.494 e. The van der Waals surface area contributed by atoms with Gasteiger partial charge in [0.15, 0.2) is 11.5 Å². The monoisotopic (exact) mass is 464 g/mol. The van der Waals surface area contributed by atoms with Gasteiger partial charge >= 0.3 is 12.1 Å². The molecule has 4 rings (SSSR count). The lowest BCUT2D eigenvalue weighted by molar-refractivity contribution is -0.150. The number of alkyl halides is 3. The number of likely N-dealkylation sites (tertiary alicyclic amines) is 1. The third-order valence-electron chi connectivity index (χ3n) is 5.40. The van der Waals surface area contributed by atoms with Gasteiger partial charge in [0.1, 0.15) is 23.0 Å². The highest BCUT2D eigenvalue weighted by Gasteiger charge is 2.41. The van der Waals surface area contributed by atoms with E-state index in [1.807, 2.05) is 0 Å². The number of carbonyl (C=O) groups excluding carboxylic acids is 2. The van der Waals surface area contributed by atoms with E-state index < -0.39 is 29.8 Å². The average Bonchev–Trinajstić information content (AvgIpc) is 3.20. The molecule has 1 atom stereocenters. The smallest absolute Gasteiger partial charge is 0.433 e. The van der Waals surface area contributed by atoms with Crippen LogP contribution in [0.2, 0.25) is 0 Å². The standard InChI is InChI=1S/C21H19F3N4O5/c1-31-13-5-3-11(10-4-6-15(21(22,23)24)26-16(10)13)18-27-17(14(9-25)33-18)19(29)28-8-7-12(28)20(30)32-2/h3-6,12H,7-9,25H2,1-2H3/t12-/m0/s1. The summed E-state index contributed by atoms with van der Waals surface area (Å²) in [4.78, 5) is 34.1. The number of amides is 1. The number of aromatic nitrogens is 2. The van der Waals surface area contributed by atoms with Crippen LogP contribution in [0.25, 0.3) is 22.4 Å². The number of halogens is 3. The third kappa shape index (κ3) is 3.86. The van der Waals surface area contributed by atoms with Crippen LogP contribution in [0, 0.1) is 0 Å². The summed E-state index contributed by atoms with van der Waals surface area (Å²) in [5.74, 6) is -0.913. The van der Waals surface area contributed by atoms with Gasteiger partial charge in [-0.3, -0.25) is 4.79 Å². The first-order valence-electron chi connectivity index (χ1n) is 9.83. The van der Waals surface area contributed by atoms with E-state index >= 15 is 0 Å². The molecule has 12 heteroatoms. The van der Waals surface area contributed by atoms with E-state index in [1.165, 1.54) is 37.3 Å². The zero-order chi connectivity index (χ0) is 23.9. The number of rotatable bonds is 5. The fraction of sp³-hybridized carbons (Fsp3) is 0.333.